The lowest BCUT2D eigenvalue weighted by atomic mass is 10.1. The first kappa shape index (κ1) is 22.1. The number of methoxy groups -OCH3 is 2. The number of rotatable bonds is 10. The minimum absolute atomic E-state index is 0.0461. The first-order chi connectivity index (χ1) is 14.6. The van der Waals surface area contributed by atoms with Crippen molar-refractivity contribution >= 4 is 32.6 Å². The summed E-state index contributed by atoms with van der Waals surface area (Å²) >= 11 is 1.53. The lowest BCUT2D eigenvalue weighted by Gasteiger charge is -2.23. The minimum atomic E-state index is 0.0461. The van der Waals surface area contributed by atoms with Crippen LogP contribution in [0.4, 0.5) is 5.13 Å². The largest absolute Gasteiger partial charge is 0.497 e. The number of carbonyl (C=O) groups excluding carboxylic acids is 1. The third-order valence-electron chi connectivity index (χ3n) is 5.33. The molecule has 3 aromatic rings. The van der Waals surface area contributed by atoms with Gasteiger partial charge in [0.1, 0.15) is 17.0 Å². The van der Waals surface area contributed by atoms with Gasteiger partial charge in [0.2, 0.25) is 5.91 Å². The Morgan fingerprint density at radius 2 is 1.80 bits per heavy atom. The number of likely N-dealkylation sites (N-methyl/N-ethyl adjacent to an activating group) is 1. The van der Waals surface area contributed by atoms with Crippen molar-refractivity contribution in [3.05, 3.63) is 48.0 Å². The number of carbonyl (C=O) groups is 1. The summed E-state index contributed by atoms with van der Waals surface area (Å²) in [4.78, 5) is 21.4. The van der Waals surface area contributed by atoms with Crippen LogP contribution in [0.2, 0.25) is 0 Å². The summed E-state index contributed by atoms with van der Waals surface area (Å²) in [5.41, 5.74) is 1.76. The van der Waals surface area contributed by atoms with Crippen LogP contribution in [-0.4, -0.2) is 51.3 Å². The molecule has 1 aromatic heterocycles. The molecule has 3 rings (SSSR count). The van der Waals surface area contributed by atoms with Gasteiger partial charge in [-0.05, 0) is 43.7 Å². The highest BCUT2D eigenvalue weighted by molar-refractivity contribution is 7.22. The Kier molecular flexibility index (Phi) is 7.65. The van der Waals surface area contributed by atoms with E-state index >= 15 is 0 Å². The van der Waals surface area contributed by atoms with Gasteiger partial charge in [0.25, 0.3) is 0 Å². The van der Waals surface area contributed by atoms with E-state index in [4.69, 9.17) is 14.5 Å². The van der Waals surface area contributed by atoms with Crippen LogP contribution in [-0.2, 0) is 11.2 Å². The van der Waals surface area contributed by atoms with Gasteiger partial charge in [-0.1, -0.05) is 29.5 Å². The molecule has 1 heterocycles. The van der Waals surface area contributed by atoms with Crippen LogP contribution in [0.3, 0.4) is 0 Å². The summed E-state index contributed by atoms with van der Waals surface area (Å²) in [7, 11) is 3.28. The number of ether oxygens (including phenoxy) is 2. The molecule has 0 saturated heterocycles. The first-order valence-corrected chi connectivity index (χ1v) is 11.1. The van der Waals surface area contributed by atoms with E-state index in [1.54, 1.807) is 14.2 Å². The second kappa shape index (κ2) is 10.4. The van der Waals surface area contributed by atoms with E-state index in [0.29, 0.717) is 13.0 Å². The highest BCUT2D eigenvalue weighted by Gasteiger charge is 2.22. The molecule has 0 aliphatic carbocycles. The van der Waals surface area contributed by atoms with E-state index in [1.807, 2.05) is 47.4 Å². The van der Waals surface area contributed by atoms with Gasteiger partial charge in [-0.25, -0.2) is 4.98 Å². The van der Waals surface area contributed by atoms with Gasteiger partial charge in [-0.15, -0.1) is 0 Å². The molecule has 0 fully saturated rings. The number of amides is 1. The van der Waals surface area contributed by atoms with Crippen LogP contribution in [0, 0.1) is 0 Å². The van der Waals surface area contributed by atoms with Gasteiger partial charge < -0.3 is 14.4 Å². The van der Waals surface area contributed by atoms with Crippen LogP contribution in [0.5, 0.6) is 11.5 Å². The lowest BCUT2D eigenvalue weighted by Crippen LogP contribution is -3.12. The Bertz CT molecular complexity index is 967. The summed E-state index contributed by atoms with van der Waals surface area (Å²) < 4.78 is 11.7. The molecule has 1 amide bonds. The molecule has 1 N–H and O–H groups in total. The molecule has 7 heteroatoms. The normalized spacial score (nSPS) is 11.1. The molecule has 0 bridgehead atoms. The van der Waals surface area contributed by atoms with Crippen molar-refractivity contribution in [2.24, 2.45) is 0 Å². The Labute approximate surface area is 182 Å². The van der Waals surface area contributed by atoms with Crippen molar-refractivity contribution in [2.75, 3.05) is 45.3 Å². The fourth-order valence-electron chi connectivity index (χ4n) is 3.41. The van der Waals surface area contributed by atoms with Gasteiger partial charge in [0, 0.05) is 0 Å². The molecular weight excluding hydrogens is 398 g/mol. The second-order valence-electron chi connectivity index (χ2n) is 7.08. The van der Waals surface area contributed by atoms with Gasteiger partial charge in [-0.3, -0.25) is 9.69 Å². The monoisotopic (exact) mass is 428 g/mol. The molecule has 0 radical (unpaired) electrons. The Morgan fingerprint density at radius 3 is 2.43 bits per heavy atom. The average Bonchev–Trinajstić information content (AvgIpc) is 3.21. The molecule has 6 nitrogen and oxygen atoms in total. The number of hydrogen-bond donors (Lipinski definition) is 1. The molecule has 0 aliphatic heterocycles. The third-order valence-corrected chi connectivity index (χ3v) is 6.37. The maximum Gasteiger partial charge on any atom is 0.233 e. The van der Waals surface area contributed by atoms with Crippen molar-refractivity contribution in [3.63, 3.8) is 0 Å². The smallest absolute Gasteiger partial charge is 0.233 e. The SMILES string of the molecule is CC[NH+](CC)CCN(C(=O)Cc1ccc(OC)cc1)c1nc2c(OC)cccc2s1. The summed E-state index contributed by atoms with van der Waals surface area (Å²) in [5.74, 6) is 1.56. The van der Waals surface area contributed by atoms with Gasteiger partial charge in [0.15, 0.2) is 5.13 Å². The zero-order valence-electron chi connectivity index (χ0n) is 18.1. The number of para-hydroxylation sites is 1. The minimum Gasteiger partial charge on any atom is -0.497 e. The van der Waals surface area contributed by atoms with E-state index in [1.165, 1.54) is 16.2 Å². The van der Waals surface area contributed by atoms with E-state index in [-0.39, 0.29) is 5.91 Å². The summed E-state index contributed by atoms with van der Waals surface area (Å²) in [6.07, 6.45) is 0.324. The Hall–Kier alpha value is -2.64. The van der Waals surface area contributed by atoms with Crippen molar-refractivity contribution in [1.82, 2.24) is 4.98 Å². The predicted molar refractivity (Wildman–Crippen MR) is 122 cm³/mol. The molecule has 0 unspecified atom stereocenters. The standard InChI is InChI=1S/C23H29N3O3S/c1-5-25(6-2)14-15-26(21(27)16-17-10-12-18(28-3)13-11-17)23-24-22-19(29-4)8-7-9-20(22)30-23/h7-13H,5-6,14-16H2,1-4H3/p+1. The number of fused-ring (bicyclic) bond motifs is 1. The number of anilines is 1. The zero-order valence-corrected chi connectivity index (χ0v) is 18.9. The van der Waals surface area contributed by atoms with Crippen molar-refractivity contribution < 1.29 is 19.2 Å². The maximum absolute atomic E-state index is 13.3. The van der Waals surface area contributed by atoms with E-state index < -0.39 is 0 Å². The number of nitrogens with one attached hydrogen (secondary N) is 1. The average molecular weight is 429 g/mol. The summed E-state index contributed by atoms with van der Waals surface area (Å²) in [6, 6.07) is 13.5. The lowest BCUT2D eigenvalue weighted by molar-refractivity contribution is -0.894. The zero-order chi connectivity index (χ0) is 21.5. The summed E-state index contributed by atoms with van der Waals surface area (Å²) in [6.45, 7) is 7.92. The van der Waals surface area contributed by atoms with Crippen LogP contribution < -0.4 is 19.3 Å². The number of hydrogen-bond acceptors (Lipinski definition) is 5. The topological polar surface area (TPSA) is 56.1 Å². The molecule has 160 valence electrons. The maximum atomic E-state index is 13.3. The van der Waals surface area contributed by atoms with Crippen LogP contribution in [0.15, 0.2) is 42.5 Å². The van der Waals surface area contributed by atoms with Crippen LogP contribution in [0.25, 0.3) is 10.2 Å². The van der Waals surface area contributed by atoms with Crippen molar-refractivity contribution in [3.8, 4) is 11.5 Å². The number of benzene rings is 2. The first-order valence-electron chi connectivity index (χ1n) is 10.3. The molecular formula is C23H30N3O3S+. The fourth-order valence-corrected chi connectivity index (χ4v) is 4.43. The number of aromatic nitrogens is 1. The molecule has 0 aliphatic rings. The van der Waals surface area contributed by atoms with Gasteiger partial charge in [-0.2, -0.15) is 0 Å². The molecule has 2 aromatic carbocycles. The van der Waals surface area contributed by atoms with Gasteiger partial charge in [0.05, 0.1) is 51.5 Å². The Balaban J connectivity index is 1.88. The van der Waals surface area contributed by atoms with Crippen molar-refractivity contribution in [1.29, 1.82) is 0 Å². The second-order valence-corrected chi connectivity index (χ2v) is 8.09. The van der Waals surface area contributed by atoms with Crippen LogP contribution in [0.1, 0.15) is 19.4 Å². The number of nitrogens with zero attached hydrogens (tertiary/aromatic N) is 2. The third kappa shape index (κ3) is 5.09. The van der Waals surface area contributed by atoms with Gasteiger partial charge >= 0.3 is 0 Å². The van der Waals surface area contributed by atoms with E-state index in [2.05, 4.69) is 13.8 Å². The molecule has 30 heavy (non-hydrogen) atoms. The van der Waals surface area contributed by atoms with Crippen molar-refractivity contribution in [2.45, 2.75) is 20.3 Å². The molecule has 0 atom stereocenters. The summed E-state index contributed by atoms with van der Waals surface area (Å²) in [5, 5.41) is 0.722. The number of quaternary nitrogens is 1. The van der Waals surface area contributed by atoms with E-state index in [9.17, 15) is 4.79 Å². The molecule has 0 saturated carbocycles. The highest BCUT2D eigenvalue weighted by Crippen LogP contribution is 2.34. The fraction of sp³-hybridized carbons (Fsp3) is 0.391. The van der Waals surface area contributed by atoms with E-state index in [0.717, 1.165) is 52.0 Å². The Morgan fingerprint density at radius 1 is 1.07 bits per heavy atom. The molecule has 0 spiro atoms. The van der Waals surface area contributed by atoms with Crippen LogP contribution >= 0.6 is 11.3 Å². The highest BCUT2D eigenvalue weighted by atomic mass is 32.1. The quantitative estimate of drug-likeness (QED) is 0.540. The number of thiazole rings is 1. The predicted octanol–water partition coefficient (Wildman–Crippen LogP) is 2.81.